The molecule has 3 nitrogen and oxygen atoms in total. The summed E-state index contributed by atoms with van der Waals surface area (Å²) in [5.74, 6) is -0.0780. The van der Waals surface area contributed by atoms with Gasteiger partial charge in [0.25, 0.3) is 0 Å². The van der Waals surface area contributed by atoms with E-state index in [9.17, 15) is 4.79 Å². The third-order valence-electron chi connectivity index (χ3n) is 2.27. The van der Waals surface area contributed by atoms with E-state index in [1.807, 2.05) is 19.1 Å². The molecule has 0 fully saturated rings. The summed E-state index contributed by atoms with van der Waals surface area (Å²) >= 11 is 0. The maximum atomic E-state index is 11.1. The number of carbonyl (C=O) groups excluding carboxylic acids is 1. The van der Waals surface area contributed by atoms with Gasteiger partial charge in [-0.3, -0.25) is 0 Å². The van der Waals surface area contributed by atoms with Gasteiger partial charge in [-0.2, -0.15) is 0 Å². The van der Waals surface area contributed by atoms with Crippen LogP contribution in [0.1, 0.15) is 22.8 Å². The number of ether oxygens (including phenoxy) is 1. The first kappa shape index (κ1) is 11.7. The van der Waals surface area contributed by atoms with Gasteiger partial charge in [-0.15, -0.1) is 0 Å². The van der Waals surface area contributed by atoms with E-state index >= 15 is 0 Å². The molecule has 0 aromatic heterocycles. The Labute approximate surface area is 89.7 Å². The number of hydrogen-bond donors (Lipinski definition) is 1. The largest absolute Gasteiger partial charge is 0.465 e. The first-order valence-electron chi connectivity index (χ1n) is 4.95. The van der Waals surface area contributed by atoms with E-state index in [0.717, 1.165) is 12.0 Å². The van der Waals surface area contributed by atoms with Crippen LogP contribution in [-0.4, -0.2) is 24.8 Å². The molecule has 0 aliphatic carbocycles. The Kier molecular flexibility index (Phi) is 4.31. The number of aliphatic hydroxyl groups is 1. The molecule has 0 bridgehead atoms. The summed E-state index contributed by atoms with van der Waals surface area (Å²) in [4.78, 5) is 11.1. The van der Waals surface area contributed by atoms with Crippen LogP contribution in [0, 0.1) is 5.92 Å². The first-order valence-corrected chi connectivity index (χ1v) is 4.95. The quantitative estimate of drug-likeness (QED) is 0.765. The van der Waals surface area contributed by atoms with Crippen LogP contribution in [0.2, 0.25) is 0 Å². The number of rotatable bonds is 4. The number of esters is 1. The second-order valence-electron chi connectivity index (χ2n) is 3.68. The van der Waals surface area contributed by atoms with Crippen LogP contribution in [-0.2, 0) is 11.2 Å². The van der Waals surface area contributed by atoms with Gasteiger partial charge in [0.05, 0.1) is 12.7 Å². The third kappa shape index (κ3) is 3.36. The Bertz CT molecular complexity index is 316. The summed E-state index contributed by atoms with van der Waals surface area (Å²) < 4.78 is 4.60. The smallest absolute Gasteiger partial charge is 0.337 e. The Morgan fingerprint density at radius 1 is 1.40 bits per heavy atom. The molecule has 1 atom stereocenters. The molecule has 1 N–H and O–H groups in total. The lowest BCUT2D eigenvalue weighted by molar-refractivity contribution is 0.0600. The summed E-state index contributed by atoms with van der Waals surface area (Å²) in [5.41, 5.74) is 1.67. The highest BCUT2D eigenvalue weighted by atomic mass is 16.5. The van der Waals surface area contributed by atoms with Crippen LogP contribution in [0.15, 0.2) is 24.3 Å². The van der Waals surface area contributed by atoms with E-state index in [2.05, 4.69) is 4.74 Å². The number of methoxy groups -OCH3 is 1. The molecular formula is C12H16O3. The normalized spacial score (nSPS) is 12.2. The van der Waals surface area contributed by atoms with Gasteiger partial charge < -0.3 is 9.84 Å². The molecule has 0 radical (unpaired) electrons. The van der Waals surface area contributed by atoms with Crippen molar-refractivity contribution in [2.75, 3.05) is 13.7 Å². The summed E-state index contributed by atoms with van der Waals surface area (Å²) in [6.07, 6.45) is 0.817. The molecule has 0 spiro atoms. The Balaban J connectivity index is 2.68. The van der Waals surface area contributed by atoms with Crippen LogP contribution in [0.4, 0.5) is 0 Å². The predicted octanol–water partition coefficient (Wildman–Crippen LogP) is 1.64. The van der Waals surface area contributed by atoms with Gasteiger partial charge in [-0.25, -0.2) is 4.79 Å². The number of carbonyl (C=O) groups is 1. The number of aliphatic hydroxyl groups excluding tert-OH is 1. The maximum Gasteiger partial charge on any atom is 0.337 e. The molecule has 0 aliphatic rings. The van der Waals surface area contributed by atoms with Crippen LogP contribution in [0.5, 0.6) is 0 Å². The first-order chi connectivity index (χ1) is 7.17. The number of hydrogen-bond acceptors (Lipinski definition) is 3. The van der Waals surface area contributed by atoms with Crippen molar-refractivity contribution in [1.29, 1.82) is 0 Å². The van der Waals surface area contributed by atoms with Crippen LogP contribution in [0.25, 0.3) is 0 Å². The average molecular weight is 208 g/mol. The fraction of sp³-hybridized carbons (Fsp3) is 0.417. The molecule has 0 saturated heterocycles. The highest BCUT2D eigenvalue weighted by Gasteiger charge is 2.06. The maximum absolute atomic E-state index is 11.1. The molecule has 1 aromatic rings. The minimum absolute atomic E-state index is 0.179. The fourth-order valence-electron chi connectivity index (χ4n) is 1.36. The molecule has 0 unspecified atom stereocenters. The standard InChI is InChI=1S/C12H16O3/c1-9(8-13)7-10-3-5-11(6-4-10)12(14)15-2/h3-6,9,13H,7-8H2,1-2H3/t9-/m1/s1. The van der Waals surface area contributed by atoms with Gasteiger partial charge in [0.2, 0.25) is 0 Å². The average Bonchev–Trinajstić information content (AvgIpc) is 2.29. The molecule has 1 rings (SSSR count). The van der Waals surface area contributed by atoms with Crippen LogP contribution >= 0.6 is 0 Å². The topological polar surface area (TPSA) is 46.5 Å². The second-order valence-corrected chi connectivity index (χ2v) is 3.68. The molecule has 0 amide bonds. The van der Waals surface area contributed by atoms with E-state index in [1.165, 1.54) is 7.11 Å². The zero-order valence-corrected chi connectivity index (χ0v) is 9.06. The lowest BCUT2D eigenvalue weighted by Crippen LogP contribution is -2.05. The van der Waals surface area contributed by atoms with E-state index in [-0.39, 0.29) is 18.5 Å². The van der Waals surface area contributed by atoms with Gasteiger partial charge in [-0.1, -0.05) is 19.1 Å². The molecule has 3 heteroatoms. The lowest BCUT2D eigenvalue weighted by Gasteiger charge is -2.07. The van der Waals surface area contributed by atoms with Crippen molar-refractivity contribution in [2.24, 2.45) is 5.92 Å². The molecule has 0 saturated carbocycles. The van der Waals surface area contributed by atoms with Crippen LogP contribution in [0.3, 0.4) is 0 Å². The van der Waals surface area contributed by atoms with Crippen molar-refractivity contribution in [1.82, 2.24) is 0 Å². The Morgan fingerprint density at radius 3 is 2.47 bits per heavy atom. The SMILES string of the molecule is COC(=O)c1ccc(C[C@@H](C)CO)cc1. The molecule has 82 valence electrons. The summed E-state index contributed by atoms with van der Waals surface area (Å²) in [6.45, 7) is 2.16. The summed E-state index contributed by atoms with van der Waals surface area (Å²) in [5, 5.41) is 8.90. The van der Waals surface area contributed by atoms with E-state index in [4.69, 9.17) is 5.11 Å². The van der Waals surface area contributed by atoms with Crippen molar-refractivity contribution in [3.05, 3.63) is 35.4 Å². The minimum atomic E-state index is -0.322. The predicted molar refractivity (Wildman–Crippen MR) is 57.7 cm³/mol. The fourth-order valence-corrected chi connectivity index (χ4v) is 1.36. The minimum Gasteiger partial charge on any atom is -0.465 e. The second kappa shape index (κ2) is 5.51. The molecule has 0 heterocycles. The van der Waals surface area contributed by atoms with Crippen LogP contribution < -0.4 is 0 Å². The van der Waals surface area contributed by atoms with Gasteiger partial charge in [0.15, 0.2) is 0 Å². The van der Waals surface area contributed by atoms with Gasteiger partial charge in [0, 0.05) is 6.61 Å². The van der Waals surface area contributed by atoms with Crippen molar-refractivity contribution in [3.63, 3.8) is 0 Å². The zero-order valence-electron chi connectivity index (χ0n) is 9.06. The van der Waals surface area contributed by atoms with Gasteiger partial charge >= 0.3 is 5.97 Å². The highest BCUT2D eigenvalue weighted by Crippen LogP contribution is 2.10. The third-order valence-corrected chi connectivity index (χ3v) is 2.27. The Hall–Kier alpha value is -1.35. The molecule has 1 aromatic carbocycles. The molecule has 0 aliphatic heterocycles. The summed E-state index contributed by atoms with van der Waals surface area (Å²) in [6, 6.07) is 7.26. The Morgan fingerprint density at radius 2 is 2.00 bits per heavy atom. The lowest BCUT2D eigenvalue weighted by atomic mass is 10.0. The number of benzene rings is 1. The van der Waals surface area contributed by atoms with Crippen molar-refractivity contribution < 1.29 is 14.6 Å². The van der Waals surface area contributed by atoms with Crippen molar-refractivity contribution >= 4 is 5.97 Å². The summed E-state index contributed by atoms with van der Waals surface area (Å²) in [7, 11) is 1.37. The monoisotopic (exact) mass is 208 g/mol. The van der Waals surface area contributed by atoms with E-state index < -0.39 is 0 Å². The van der Waals surface area contributed by atoms with Crippen molar-refractivity contribution in [3.8, 4) is 0 Å². The van der Waals surface area contributed by atoms with Crippen molar-refractivity contribution in [2.45, 2.75) is 13.3 Å². The van der Waals surface area contributed by atoms with Gasteiger partial charge in [-0.05, 0) is 30.0 Å². The van der Waals surface area contributed by atoms with E-state index in [0.29, 0.717) is 5.56 Å². The highest BCUT2D eigenvalue weighted by molar-refractivity contribution is 5.89. The molecule has 15 heavy (non-hydrogen) atoms. The van der Waals surface area contributed by atoms with E-state index in [1.54, 1.807) is 12.1 Å². The van der Waals surface area contributed by atoms with Gasteiger partial charge in [0.1, 0.15) is 0 Å². The zero-order chi connectivity index (χ0) is 11.3. The molecular weight excluding hydrogens is 192 g/mol.